The Hall–Kier alpha value is -1.39. The molecule has 0 unspecified atom stereocenters. The van der Waals surface area contributed by atoms with Crippen molar-refractivity contribution >= 4 is 29.0 Å². The molecule has 1 heterocycles. The topological polar surface area (TPSA) is 69.9 Å². The molecule has 1 saturated carbocycles. The molecule has 112 valence electrons. The Morgan fingerprint density at radius 2 is 1.86 bits per heavy atom. The molecule has 21 heavy (non-hydrogen) atoms. The highest BCUT2D eigenvalue weighted by molar-refractivity contribution is 6.43. The van der Waals surface area contributed by atoms with Gasteiger partial charge in [0.25, 0.3) is 0 Å². The minimum absolute atomic E-state index is 0.373. The fourth-order valence-corrected chi connectivity index (χ4v) is 3.39. The molecule has 4 N–H and O–H groups in total. The number of aromatic nitrogens is 2. The molecule has 0 spiro atoms. The molecule has 0 bridgehead atoms. The van der Waals surface area contributed by atoms with Crippen LogP contribution in [-0.2, 0) is 0 Å². The van der Waals surface area contributed by atoms with Crippen LogP contribution in [0.25, 0.3) is 11.3 Å². The van der Waals surface area contributed by atoms with E-state index in [2.05, 4.69) is 4.98 Å². The highest BCUT2D eigenvalue weighted by Gasteiger charge is 2.24. The van der Waals surface area contributed by atoms with E-state index >= 15 is 0 Å². The Bertz CT molecular complexity index is 660. The van der Waals surface area contributed by atoms with E-state index in [9.17, 15) is 0 Å². The molecule has 1 aromatic carbocycles. The fourth-order valence-electron chi connectivity index (χ4n) is 3.00. The molecule has 2 aromatic rings. The van der Waals surface area contributed by atoms with Gasteiger partial charge < -0.3 is 11.6 Å². The van der Waals surface area contributed by atoms with E-state index in [0.29, 0.717) is 27.5 Å². The van der Waals surface area contributed by atoms with Crippen molar-refractivity contribution in [2.45, 2.75) is 38.0 Å². The van der Waals surface area contributed by atoms with Crippen molar-refractivity contribution in [3.8, 4) is 11.3 Å². The number of hydrogen-bond acceptors (Lipinski definition) is 3. The number of nitrogens with zero attached hydrogens (tertiary/aromatic N) is 2. The van der Waals surface area contributed by atoms with Crippen molar-refractivity contribution in [3.05, 3.63) is 34.1 Å². The molecule has 1 fully saturated rings. The fraction of sp³-hybridized carbons (Fsp3) is 0.400. The molecule has 1 aliphatic rings. The molecule has 0 aliphatic heterocycles. The first-order valence-corrected chi connectivity index (χ1v) is 7.92. The zero-order valence-electron chi connectivity index (χ0n) is 11.6. The molecular formula is C15H18Cl2N4. The monoisotopic (exact) mass is 324 g/mol. The van der Waals surface area contributed by atoms with E-state index in [1.54, 1.807) is 6.07 Å². The maximum absolute atomic E-state index is 6.27. The van der Waals surface area contributed by atoms with Crippen LogP contribution in [0.2, 0.25) is 10.0 Å². The molecule has 0 radical (unpaired) electrons. The Morgan fingerprint density at radius 3 is 2.57 bits per heavy atom. The van der Waals surface area contributed by atoms with Gasteiger partial charge in [-0.2, -0.15) is 0 Å². The molecular weight excluding hydrogens is 307 g/mol. The predicted molar refractivity (Wildman–Crippen MR) is 88.1 cm³/mol. The second kappa shape index (κ2) is 5.78. The van der Waals surface area contributed by atoms with Gasteiger partial charge in [0.05, 0.1) is 10.0 Å². The lowest BCUT2D eigenvalue weighted by atomic mass is 9.89. The van der Waals surface area contributed by atoms with E-state index in [-0.39, 0.29) is 0 Å². The van der Waals surface area contributed by atoms with Crippen LogP contribution in [0.3, 0.4) is 0 Å². The quantitative estimate of drug-likeness (QED) is 0.813. The molecule has 3 rings (SSSR count). The minimum atomic E-state index is 0.373. The molecule has 6 heteroatoms. The van der Waals surface area contributed by atoms with Gasteiger partial charge >= 0.3 is 0 Å². The van der Waals surface area contributed by atoms with Gasteiger partial charge in [0.1, 0.15) is 11.5 Å². The summed E-state index contributed by atoms with van der Waals surface area (Å²) >= 11 is 12.3. The van der Waals surface area contributed by atoms with Crippen molar-refractivity contribution in [2.24, 2.45) is 0 Å². The van der Waals surface area contributed by atoms with Crippen molar-refractivity contribution in [2.75, 3.05) is 11.6 Å². The molecule has 0 atom stereocenters. The Morgan fingerprint density at radius 1 is 1.14 bits per heavy atom. The van der Waals surface area contributed by atoms with E-state index in [1.165, 1.54) is 23.9 Å². The lowest BCUT2D eigenvalue weighted by Crippen LogP contribution is -2.19. The van der Waals surface area contributed by atoms with Gasteiger partial charge in [0.15, 0.2) is 5.82 Å². The summed E-state index contributed by atoms with van der Waals surface area (Å²) in [4.78, 5) is 4.68. The lowest BCUT2D eigenvalue weighted by Gasteiger charge is -2.20. The molecule has 0 saturated heterocycles. The van der Waals surface area contributed by atoms with Gasteiger partial charge in [-0.3, -0.25) is 0 Å². The van der Waals surface area contributed by atoms with Crippen LogP contribution in [0, 0.1) is 0 Å². The Balaban J connectivity index is 2.06. The highest BCUT2D eigenvalue weighted by atomic mass is 35.5. The van der Waals surface area contributed by atoms with Crippen molar-refractivity contribution in [1.29, 1.82) is 0 Å². The predicted octanol–water partition coefficient (Wildman–Crippen LogP) is 4.20. The number of hydrogen-bond donors (Lipinski definition) is 2. The van der Waals surface area contributed by atoms with Gasteiger partial charge in [-0.15, -0.1) is 0 Å². The number of anilines is 1. The summed E-state index contributed by atoms with van der Waals surface area (Å²) in [6.07, 6.45) is 5.92. The summed E-state index contributed by atoms with van der Waals surface area (Å²) < 4.78 is 1.50. The number of benzene rings is 1. The van der Waals surface area contributed by atoms with Crippen LogP contribution < -0.4 is 11.6 Å². The highest BCUT2D eigenvalue weighted by Crippen LogP contribution is 2.38. The first-order chi connectivity index (χ1) is 10.1. The van der Waals surface area contributed by atoms with Gasteiger partial charge in [-0.25, -0.2) is 9.66 Å². The van der Waals surface area contributed by atoms with Crippen molar-refractivity contribution in [1.82, 2.24) is 9.66 Å². The minimum Gasteiger partial charge on any atom is -0.382 e. The summed E-state index contributed by atoms with van der Waals surface area (Å²) in [6.45, 7) is 0. The van der Waals surface area contributed by atoms with Crippen molar-refractivity contribution in [3.63, 3.8) is 0 Å². The first kappa shape index (κ1) is 14.5. The van der Waals surface area contributed by atoms with Gasteiger partial charge in [0.2, 0.25) is 0 Å². The second-order valence-corrected chi connectivity index (χ2v) is 6.30. The SMILES string of the molecule is Nc1c(-c2cccc(Cl)c2Cl)nc(C2CCCCC2)n1N. The lowest BCUT2D eigenvalue weighted by molar-refractivity contribution is 0.424. The molecule has 0 amide bonds. The Labute approximate surface area is 134 Å². The average molecular weight is 325 g/mol. The number of halogens is 2. The zero-order chi connectivity index (χ0) is 15.0. The van der Waals surface area contributed by atoms with Crippen LogP contribution in [0.5, 0.6) is 0 Å². The number of nitrogen functional groups attached to an aromatic ring is 2. The Kier molecular flexibility index (Phi) is 4.00. The van der Waals surface area contributed by atoms with Crippen LogP contribution in [0.1, 0.15) is 43.8 Å². The van der Waals surface area contributed by atoms with E-state index < -0.39 is 0 Å². The smallest absolute Gasteiger partial charge is 0.150 e. The second-order valence-electron chi connectivity index (χ2n) is 5.51. The van der Waals surface area contributed by atoms with Gasteiger partial charge in [0, 0.05) is 11.5 Å². The zero-order valence-corrected chi connectivity index (χ0v) is 13.2. The number of rotatable bonds is 2. The van der Waals surface area contributed by atoms with E-state index in [1.807, 2.05) is 12.1 Å². The van der Waals surface area contributed by atoms with E-state index in [0.717, 1.165) is 24.2 Å². The average Bonchev–Trinajstić information content (AvgIpc) is 2.79. The summed E-state index contributed by atoms with van der Waals surface area (Å²) in [6, 6.07) is 5.43. The standard InChI is InChI=1S/C15H18Cl2N4/c16-11-8-4-7-10(12(11)17)13-14(18)21(19)15(20-13)9-5-2-1-3-6-9/h4,7-9H,1-3,5-6,18-19H2. The van der Waals surface area contributed by atoms with Crippen LogP contribution >= 0.6 is 23.2 Å². The third kappa shape index (κ3) is 2.58. The van der Waals surface area contributed by atoms with Crippen LogP contribution in [0.15, 0.2) is 18.2 Å². The molecule has 1 aromatic heterocycles. The maximum Gasteiger partial charge on any atom is 0.150 e. The number of imidazole rings is 1. The van der Waals surface area contributed by atoms with Crippen LogP contribution in [-0.4, -0.2) is 9.66 Å². The summed E-state index contributed by atoms with van der Waals surface area (Å²) in [5, 5.41) is 0.943. The molecule has 1 aliphatic carbocycles. The maximum atomic E-state index is 6.27. The third-order valence-electron chi connectivity index (χ3n) is 4.15. The summed E-state index contributed by atoms with van der Waals surface area (Å²) in [5.41, 5.74) is 7.48. The van der Waals surface area contributed by atoms with Crippen molar-refractivity contribution < 1.29 is 0 Å². The summed E-state index contributed by atoms with van der Waals surface area (Å²) in [5.74, 6) is 7.76. The largest absolute Gasteiger partial charge is 0.382 e. The van der Waals surface area contributed by atoms with Crippen LogP contribution in [0.4, 0.5) is 5.82 Å². The number of nitrogens with two attached hydrogens (primary N) is 2. The van der Waals surface area contributed by atoms with Gasteiger partial charge in [-0.1, -0.05) is 54.6 Å². The third-order valence-corrected chi connectivity index (χ3v) is 4.97. The summed E-state index contributed by atoms with van der Waals surface area (Å²) in [7, 11) is 0. The first-order valence-electron chi connectivity index (χ1n) is 7.17. The molecule has 4 nitrogen and oxygen atoms in total. The van der Waals surface area contributed by atoms with Gasteiger partial charge in [-0.05, 0) is 18.9 Å². The normalized spacial score (nSPS) is 16.3. The van der Waals surface area contributed by atoms with E-state index in [4.69, 9.17) is 34.8 Å².